The Balaban J connectivity index is 1.48. The SMILES string of the molecule is Cc1nnc(C2CCN(CC(=O)Nc3ccc(C)c(C)c3)CC2)s1. The summed E-state index contributed by atoms with van der Waals surface area (Å²) >= 11 is 1.69. The van der Waals surface area contributed by atoms with Crippen molar-refractivity contribution in [2.45, 2.75) is 39.5 Å². The molecule has 2 heterocycles. The predicted octanol–water partition coefficient (Wildman–Crippen LogP) is 3.28. The number of carbonyl (C=O) groups excluding carboxylic acids is 1. The van der Waals surface area contributed by atoms with Crippen molar-refractivity contribution in [3.8, 4) is 0 Å². The highest BCUT2D eigenvalue weighted by atomic mass is 32.1. The van der Waals surface area contributed by atoms with Gasteiger partial charge < -0.3 is 5.32 Å². The quantitative estimate of drug-likeness (QED) is 0.925. The van der Waals surface area contributed by atoms with Crippen LogP contribution in [-0.2, 0) is 4.79 Å². The standard InChI is InChI=1S/C18H24N4OS/c1-12-4-5-16(10-13(12)2)19-17(23)11-22-8-6-15(7-9-22)18-21-20-14(3)24-18/h4-5,10,15H,6-9,11H2,1-3H3,(H,19,23). The first kappa shape index (κ1) is 17.0. The van der Waals surface area contributed by atoms with Crippen LogP contribution in [0.25, 0.3) is 0 Å². The molecule has 2 aromatic rings. The minimum atomic E-state index is 0.0588. The summed E-state index contributed by atoms with van der Waals surface area (Å²) < 4.78 is 0. The van der Waals surface area contributed by atoms with E-state index in [0.29, 0.717) is 12.5 Å². The Morgan fingerprint density at radius 2 is 1.96 bits per heavy atom. The van der Waals surface area contributed by atoms with E-state index in [9.17, 15) is 4.79 Å². The van der Waals surface area contributed by atoms with Crippen molar-refractivity contribution < 1.29 is 4.79 Å². The molecule has 6 heteroatoms. The highest BCUT2D eigenvalue weighted by molar-refractivity contribution is 7.11. The molecule has 24 heavy (non-hydrogen) atoms. The van der Waals surface area contributed by atoms with Crippen LogP contribution in [0.3, 0.4) is 0 Å². The van der Waals surface area contributed by atoms with Gasteiger partial charge in [-0.25, -0.2) is 0 Å². The topological polar surface area (TPSA) is 58.1 Å². The van der Waals surface area contributed by atoms with Crippen molar-refractivity contribution in [3.63, 3.8) is 0 Å². The van der Waals surface area contributed by atoms with E-state index in [-0.39, 0.29) is 5.91 Å². The van der Waals surface area contributed by atoms with E-state index in [1.807, 2.05) is 25.1 Å². The summed E-state index contributed by atoms with van der Waals surface area (Å²) in [5.41, 5.74) is 3.31. The molecule has 0 unspecified atom stereocenters. The smallest absolute Gasteiger partial charge is 0.238 e. The molecule has 0 radical (unpaired) electrons. The van der Waals surface area contributed by atoms with Crippen LogP contribution in [0.5, 0.6) is 0 Å². The fourth-order valence-electron chi connectivity index (χ4n) is 3.04. The molecule has 5 nitrogen and oxygen atoms in total. The number of nitrogens with one attached hydrogen (secondary N) is 1. The van der Waals surface area contributed by atoms with Gasteiger partial charge in [-0.3, -0.25) is 9.69 Å². The molecule has 0 bridgehead atoms. The second-order valence-corrected chi connectivity index (χ2v) is 7.77. The summed E-state index contributed by atoms with van der Waals surface area (Å²) in [7, 11) is 0. The lowest BCUT2D eigenvalue weighted by atomic mass is 9.98. The van der Waals surface area contributed by atoms with E-state index in [0.717, 1.165) is 41.6 Å². The molecule has 1 aromatic heterocycles. The van der Waals surface area contributed by atoms with Gasteiger partial charge in [-0.2, -0.15) is 0 Å². The number of aromatic nitrogens is 2. The van der Waals surface area contributed by atoms with Crippen LogP contribution in [0.1, 0.15) is 39.9 Å². The van der Waals surface area contributed by atoms with Crippen LogP contribution < -0.4 is 5.32 Å². The van der Waals surface area contributed by atoms with Gasteiger partial charge in [0.1, 0.15) is 10.0 Å². The zero-order valence-electron chi connectivity index (χ0n) is 14.5. The molecular weight excluding hydrogens is 320 g/mol. The van der Waals surface area contributed by atoms with Gasteiger partial charge in [0.05, 0.1) is 6.54 Å². The van der Waals surface area contributed by atoms with Crippen molar-refractivity contribution in [1.82, 2.24) is 15.1 Å². The van der Waals surface area contributed by atoms with Crippen LogP contribution in [0.15, 0.2) is 18.2 Å². The van der Waals surface area contributed by atoms with Gasteiger partial charge in [-0.15, -0.1) is 21.5 Å². The van der Waals surface area contributed by atoms with E-state index in [1.165, 1.54) is 11.1 Å². The zero-order valence-corrected chi connectivity index (χ0v) is 15.3. The van der Waals surface area contributed by atoms with Crippen molar-refractivity contribution in [3.05, 3.63) is 39.3 Å². The second-order valence-electron chi connectivity index (χ2n) is 6.56. The molecule has 1 saturated heterocycles. The van der Waals surface area contributed by atoms with E-state index in [2.05, 4.69) is 34.3 Å². The van der Waals surface area contributed by atoms with E-state index in [4.69, 9.17) is 0 Å². The summed E-state index contributed by atoms with van der Waals surface area (Å²) in [6.07, 6.45) is 2.09. The van der Waals surface area contributed by atoms with Gasteiger partial charge in [-0.05, 0) is 70.0 Å². The third-order valence-electron chi connectivity index (χ3n) is 4.64. The summed E-state index contributed by atoms with van der Waals surface area (Å²) in [6.45, 7) is 8.45. The Morgan fingerprint density at radius 3 is 2.58 bits per heavy atom. The maximum atomic E-state index is 12.3. The molecule has 1 aliphatic heterocycles. The number of piperidine rings is 1. The summed E-state index contributed by atoms with van der Waals surface area (Å²) in [5.74, 6) is 0.554. The molecule has 0 spiro atoms. The Bertz CT molecular complexity index is 720. The number of carbonyl (C=O) groups is 1. The number of anilines is 1. The Kier molecular flexibility index (Phi) is 5.26. The van der Waals surface area contributed by atoms with Crippen molar-refractivity contribution in [2.75, 3.05) is 25.0 Å². The molecule has 1 aliphatic rings. The minimum Gasteiger partial charge on any atom is -0.325 e. The molecule has 1 N–H and O–H groups in total. The first-order chi connectivity index (χ1) is 11.5. The summed E-state index contributed by atoms with van der Waals surface area (Å²) in [6, 6.07) is 6.03. The molecule has 0 saturated carbocycles. The first-order valence-corrected chi connectivity index (χ1v) is 9.22. The van der Waals surface area contributed by atoms with Crippen LogP contribution in [-0.4, -0.2) is 40.6 Å². The van der Waals surface area contributed by atoms with Crippen molar-refractivity contribution in [1.29, 1.82) is 0 Å². The van der Waals surface area contributed by atoms with E-state index >= 15 is 0 Å². The molecule has 0 aliphatic carbocycles. The van der Waals surface area contributed by atoms with E-state index in [1.54, 1.807) is 11.3 Å². The average Bonchev–Trinajstić information content (AvgIpc) is 2.98. The van der Waals surface area contributed by atoms with Gasteiger partial charge in [0, 0.05) is 11.6 Å². The molecule has 0 atom stereocenters. The number of likely N-dealkylation sites (tertiary alicyclic amines) is 1. The number of hydrogen-bond acceptors (Lipinski definition) is 5. The lowest BCUT2D eigenvalue weighted by Crippen LogP contribution is -2.38. The van der Waals surface area contributed by atoms with Crippen molar-refractivity contribution >= 4 is 22.9 Å². The van der Waals surface area contributed by atoms with Crippen LogP contribution in [0.4, 0.5) is 5.69 Å². The number of nitrogens with zero attached hydrogens (tertiary/aromatic N) is 3. The monoisotopic (exact) mass is 344 g/mol. The van der Waals surface area contributed by atoms with Gasteiger partial charge in [0.2, 0.25) is 5.91 Å². The van der Waals surface area contributed by atoms with Crippen molar-refractivity contribution in [2.24, 2.45) is 0 Å². The molecule has 128 valence electrons. The van der Waals surface area contributed by atoms with Crippen LogP contribution in [0, 0.1) is 20.8 Å². The third-order valence-corrected chi connectivity index (χ3v) is 5.64. The van der Waals surface area contributed by atoms with Gasteiger partial charge in [-0.1, -0.05) is 6.07 Å². The number of aryl methyl sites for hydroxylation is 3. The van der Waals surface area contributed by atoms with E-state index < -0.39 is 0 Å². The highest BCUT2D eigenvalue weighted by Gasteiger charge is 2.24. The molecule has 3 rings (SSSR count). The van der Waals surface area contributed by atoms with Crippen LogP contribution >= 0.6 is 11.3 Å². The normalized spacial score (nSPS) is 16.3. The van der Waals surface area contributed by atoms with Gasteiger partial charge in [0.25, 0.3) is 0 Å². The van der Waals surface area contributed by atoms with Gasteiger partial charge >= 0.3 is 0 Å². The molecule has 1 amide bonds. The average molecular weight is 344 g/mol. The minimum absolute atomic E-state index is 0.0588. The maximum Gasteiger partial charge on any atom is 0.238 e. The molecule has 1 fully saturated rings. The number of rotatable bonds is 4. The predicted molar refractivity (Wildman–Crippen MR) is 97.6 cm³/mol. The summed E-state index contributed by atoms with van der Waals surface area (Å²) in [4.78, 5) is 14.5. The largest absolute Gasteiger partial charge is 0.325 e. The number of amides is 1. The first-order valence-electron chi connectivity index (χ1n) is 8.41. The maximum absolute atomic E-state index is 12.3. The Hall–Kier alpha value is -1.79. The van der Waals surface area contributed by atoms with Crippen LogP contribution in [0.2, 0.25) is 0 Å². The Morgan fingerprint density at radius 1 is 1.21 bits per heavy atom. The second kappa shape index (κ2) is 7.40. The van der Waals surface area contributed by atoms with Gasteiger partial charge in [0.15, 0.2) is 0 Å². The number of hydrogen-bond donors (Lipinski definition) is 1. The Labute approximate surface area is 147 Å². The fraction of sp³-hybridized carbons (Fsp3) is 0.500. The zero-order chi connectivity index (χ0) is 17.1. The third kappa shape index (κ3) is 4.19. The molecule has 1 aromatic carbocycles. The lowest BCUT2D eigenvalue weighted by Gasteiger charge is -2.30. The lowest BCUT2D eigenvalue weighted by molar-refractivity contribution is -0.117. The fourth-order valence-corrected chi connectivity index (χ4v) is 3.91. The highest BCUT2D eigenvalue weighted by Crippen LogP contribution is 2.29. The summed E-state index contributed by atoms with van der Waals surface area (Å²) in [5, 5.41) is 13.6. The number of benzene rings is 1. The molecular formula is C18H24N4OS.